The molecule has 4 heteroatoms. The molecule has 4 nitrogen and oxygen atoms in total. The second-order valence-corrected chi connectivity index (χ2v) is 5.33. The number of aryl methyl sites for hydroxylation is 2. The van der Waals surface area contributed by atoms with Gasteiger partial charge in [-0.05, 0) is 50.1 Å². The number of hydrogen-bond acceptors (Lipinski definition) is 3. The van der Waals surface area contributed by atoms with Crippen LogP contribution in [0.1, 0.15) is 23.6 Å². The monoisotopic (exact) mass is 293 g/mol. The van der Waals surface area contributed by atoms with Crippen molar-refractivity contribution in [3.05, 3.63) is 59.2 Å². The van der Waals surface area contributed by atoms with Crippen molar-refractivity contribution in [3.63, 3.8) is 0 Å². The molecule has 0 unspecified atom stereocenters. The number of nitriles is 1. The number of rotatable bonds is 4. The van der Waals surface area contributed by atoms with Crippen molar-refractivity contribution in [2.24, 2.45) is 0 Å². The zero-order valence-corrected chi connectivity index (χ0v) is 13.0. The van der Waals surface area contributed by atoms with Crippen LogP contribution in [0.4, 0.5) is 11.4 Å². The molecule has 2 aromatic rings. The zero-order chi connectivity index (χ0) is 16.1. The predicted molar refractivity (Wildman–Crippen MR) is 88.8 cm³/mol. The van der Waals surface area contributed by atoms with E-state index in [0.29, 0.717) is 11.3 Å². The summed E-state index contributed by atoms with van der Waals surface area (Å²) in [7, 11) is 0. The molecule has 0 aliphatic carbocycles. The fourth-order valence-corrected chi connectivity index (χ4v) is 2.12. The van der Waals surface area contributed by atoms with Gasteiger partial charge in [0.2, 0.25) is 5.91 Å². The van der Waals surface area contributed by atoms with E-state index in [0.717, 1.165) is 16.8 Å². The van der Waals surface area contributed by atoms with Gasteiger partial charge in [0.25, 0.3) is 0 Å². The maximum Gasteiger partial charge on any atom is 0.246 e. The van der Waals surface area contributed by atoms with E-state index in [1.165, 1.54) is 0 Å². The van der Waals surface area contributed by atoms with Crippen molar-refractivity contribution in [1.82, 2.24) is 0 Å². The first-order chi connectivity index (χ1) is 10.5. The number of nitrogens with one attached hydrogen (secondary N) is 2. The molecule has 2 aromatic carbocycles. The molecule has 0 radical (unpaired) electrons. The number of amides is 1. The average Bonchev–Trinajstić information content (AvgIpc) is 2.51. The third-order valence-electron chi connectivity index (χ3n) is 3.46. The van der Waals surface area contributed by atoms with Gasteiger partial charge in [0.05, 0.1) is 11.3 Å². The molecule has 0 spiro atoms. The molecule has 0 saturated carbocycles. The summed E-state index contributed by atoms with van der Waals surface area (Å²) >= 11 is 0. The Bertz CT molecular complexity index is 731. The highest BCUT2D eigenvalue weighted by atomic mass is 16.2. The average molecular weight is 293 g/mol. The predicted octanol–water partition coefficient (Wildman–Crippen LogP) is 3.61. The van der Waals surface area contributed by atoms with Crippen LogP contribution in [0.25, 0.3) is 0 Å². The molecule has 2 N–H and O–H groups in total. The van der Waals surface area contributed by atoms with Crippen molar-refractivity contribution in [2.45, 2.75) is 26.8 Å². The van der Waals surface area contributed by atoms with Crippen LogP contribution in [-0.2, 0) is 4.79 Å². The Morgan fingerprint density at radius 3 is 2.59 bits per heavy atom. The summed E-state index contributed by atoms with van der Waals surface area (Å²) in [5, 5.41) is 15.1. The molecule has 0 aliphatic heterocycles. The molecule has 0 heterocycles. The Balaban J connectivity index is 2.10. The highest BCUT2D eigenvalue weighted by molar-refractivity contribution is 5.97. The Kier molecular flexibility index (Phi) is 4.80. The van der Waals surface area contributed by atoms with Crippen molar-refractivity contribution in [1.29, 1.82) is 5.26 Å². The molecular formula is C18H19N3O. The second-order valence-electron chi connectivity index (χ2n) is 5.33. The number of hydrogen-bond donors (Lipinski definition) is 2. The summed E-state index contributed by atoms with van der Waals surface area (Å²) in [6.45, 7) is 5.81. The molecule has 2 rings (SSSR count). The molecule has 112 valence electrons. The van der Waals surface area contributed by atoms with Crippen LogP contribution in [0.2, 0.25) is 0 Å². The van der Waals surface area contributed by atoms with Crippen LogP contribution in [0.15, 0.2) is 42.5 Å². The number of para-hydroxylation sites is 1. The van der Waals surface area contributed by atoms with Gasteiger partial charge >= 0.3 is 0 Å². The van der Waals surface area contributed by atoms with Crippen molar-refractivity contribution >= 4 is 17.3 Å². The van der Waals surface area contributed by atoms with Gasteiger partial charge in [0.15, 0.2) is 0 Å². The molecule has 0 aromatic heterocycles. The van der Waals surface area contributed by atoms with E-state index in [2.05, 4.69) is 16.7 Å². The van der Waals surface area contributed by atoms with Gasteiger partial charge in [0, 0.05) is 5.69 Å². The topological polar surface area (TPSA) is 64.9 Å². The van der Waals surface area contributed by atoms with Gasteiger partial charge in [-0.15, -0.1) is 0 Å². The maximum absolute atomic E-state index is 12.3. The van der Waals surface area contributed by atoms with Gasteiger partial charge in [-0.2, -0.15) is 5.26 Å². The molecule has 0 saturated heterocycles. The van der Waals surface area contributed by atoms with E-state index >= 15 is 0 Å². The second kappa shape index (κ2) is 6.77. The zero-order valence-electron chi connectivity index (χ0n) is 13.0. The molecular weight excluding hydrogens is 274 g/mol. The molecule has 0 bridgehead atoms. The first kappa shape index (κ1) is 15.6. The van der Waals surface area contributed by atoms with E-state index < -0.39 is 6.04 Å². The molecule has 22 heavy (non-hydrogen) atoms. The lowest BCUT2D eigenvalue weighted by Crippen LogP contribution is -2.32. The number of carbonyl (C=O) groups is 1. The Morgan fingerprint density at radius 2 is 1.86 bits per heavy atom. The van der Waals surface area contributed by atoms with Gasteiger partial charge in [-0.3, -0.25) is 4.79 Å². The van der Waals surface area contributed by atoms with Crippen LogP contribution in [-0.4, -0.2) is 11.9 Å². The lowest BCUT2D eigenvalue weighted by atomic mass is 10.1. The quantitative estimate of drug-likeness (QED) is 0.905. The summed E-state index contributed by atoms with van der Waals surface area (Å²) < 4.78 is 0. The van der Waals surface area contributed by atoms with Gasteiger partial charge in [-0.25, -0.2) is 0 Å². The van der Waals surface area contributed by atoms with Gasteiger partial charge in [0.1, 0.15) is 12.1 Å². The van der Waals surface area contributed by atoms with E-state index in [1.54, 1.807) is 31.2 Å². The number of carbonyl (C=O) groups excluding carboxylic acids is 1. The SMILES string of the molecule is Cc1ccc(C)c(N[C@H](C)C(=O)Nc2ccccc2C#N)c1. The van der Waals surface area contributed by atoms with E-state index in [4.69, 9.17) is 5.26 Å². The molecule has 0 fully saturated rings. The lowest BCUT2D eigenvalue weighted by Gasteiger charge is -2.17. The van der Waals surface area contributed by atoms with Crippen molar-refractivity contribution < 1.29 is 4.79 Å². The minimum Gasteiger partial charge on any atom is -0.374 e. The van der Waals surface area contributed by atoms with Gasteiger partial charge < -0.3 is 10.6 Å². The third-order valence-corrected chi connectivity index (χ3v) is 3.46. The fourth-order valence-electron chi connectivity index (χ4n) is 2.12. The molecule has 0 aliphatic rings. The normalized spacial score (nSPS) is 11.4. The summed E-state index contributed by atoms with van der Waals surface area (Å²) in [6.07, 6.45) is 0. The number of nitrogens with zero attached hydrogens (tertiary/aromatic N) is 1. The molecule has 1 amide bonds. The summed E-state index contributed by atoms with van der Waals surface area (Å²) in [6, 6.07) is 14.7. The van der Waals surface area contributed by atoms with Crippen LogP contribution in [0.5, 0.6) is 0 Å². The highest BCUT2D eigenvalue weighted by Crippen LogP contribution is 2.18. The van der Waals surface area contributed by atoms with Gasteiger partial charge in [-0.1, -0.05) is 24.3 Å². The third kappa shape index (κ3) is 3.64. The standard InChI is InChI=1S/C18H19N3O/c1-12-8-9-13(2)17(10-12)20-14(3)18(22)21-16-7-5-4-6-15(16)11-19/h4-10,14,20H,1-3H3,(H,21,22)/t14-/m1/s1. The fraction of sp³-hybridized carbons (Fsp3) is 0.222. The summed E-state index contributed by atoms with van der Waals surface area (Å²) in [4.78, 5) is 12.3. The van der Waals surface area contributed by atoms with Crippen molar-refractivity contribution in [2.75, 3.05) is 10.6 Å². The van der Waals surface area contributed by atoms with Crippen LogP contribution >= 0.6 is 0 Å². The van der Waals surface area contributed by atoms with Crippen LogP contribution in [0, 0.1) is 25.2 Å². The summed E-state index contributed by atoms with van der Waals surface area (Å²) in [5.74, 6) is -0.177. The van der Waals surface area contributed by atoms with Crippen LogP contribution < -0.4 is 10.6 Å². The minimum atomic E-state index is -0.410. The first-order valence-corrected chi connectivity index (χ1v) is 7.15. The Morgan fingerprint density at radius 1 is 1.14 bits per heavy atom. The number of anilines is 2. The van der Waals surface area contributed by atoms with E-state index in [-0.39, 0.29) is 5.91 Å². The lowest BCUT2D eigenvalue weighted by molar-refractivity contribution is -0.116. The molecule has 1 atom stereocenters. The Labute approximate surface area is 130 Å². The number of benzene rings is 2. The summed E-state index contributed by atoms with van der Waals surface area (Å²) in [5.41, 5.74) is 4.15. The smallest absolute Gasteiger partial charge is 0.246 e. The van der Waals surface area contributed by atoms with E-state index in [1.807, 2.05) is 32.0 Å². The highest BCUT2D eigenvalue weighted by Gasteiger charge is 2.15. The minimum absolute atomic E-state index is 0.177. The van der Waals surface area contributed by atoms with Crippen molar-refractivity contribution in [3.8, 4) is 6.07 Å². The Hall–Kier alpha value is -2.80. The first-order valence-electron chi connectivity index (χ1n) is 7.15. The maximum atomic E-state index is 12.3. The van der Waals surface area contributed by atoms with E-state index in [9.17, 15) is 4.79 Å². The largest absolute Gasteiger partial charge is 0.374 e. The van der Waals surface area contributed by atoms with Crippen LogP contribution in [0.3, 0.4) is 0 Å².